The maximum atomic E-state index is 10.6. The molecule has 1 aromatic carbocycles. The molecule has 0 spiro atoms. The largest absolute Gasteiger partial charge is 0.388 e. The van der Waals surface area contributed by atoms with E-state index in [9.17, 15) is 5.11 Å². The maximum Gasteiger partial charge on any atom is 0.101 e. The maximum absolute atomic E-state index is 10.6. The van der Waals surface area contributed by atoms with Gasteiger partial charge in [-0.1, -0.05) is 25.4 Å². The molecule has 0 bridgehead atoms. The number of anilines is 1. The van der Waals surface area contributed by atoms with Crippen LogP contribution in [0.15, 0.2) is 18.2 Å². The molecule has 4 heteroatoms. The SMILES string of the molecule is CC1(C)CCC(O)(CNc2cc(Cl)ccc2C#N)CC1. The zero-order valence-corrected chi connectivity index (χ0v) is 12.8. The lowest BCUT2D eigenvalue weighted by molar-refractivity contribution is -0.0145. The molecule has 2 rings (SSSR count). The van der Waals surface area contributed by atoms with Gasteiger partial charge in [0.2, 0.25) is 0 Å². The van der Waals surface area contributed by atoms with Crippen LogP contribution < -0.4 is 5.32 Å². The first-order valence-corrected chi connectivity index (χ1v) is 7.37. The lowest BCUT2D eigenvalue weighted by Crippen LogP contribution is -2.42. The molecule has 0 atom stereocenters. The van der Waals surface area contributed by atoms with Gasteiger partial charge in [0.1, 0.15) is 6.07 Å². The Morgan fingerprint density at radius 1 is 1.30 bits per heavy atom. The summed E-state index contributed by atoms with van der Waals surface area (Å²) in [4.78, 5) is 0. The van der Waals surface area contributed by atoms with E-state index in [1.54, 1.807) is 18.2 Å². The summed E-state index contributed by atoms with van der Waals surface area (Å²) in [7, 11) is 0. The van der Waals surface area contributed by atoms with Crippen molar-refractivity contribution in [1.29, 1.82) is 5.26 Å². The van der Waals surface area contributed by atoms with Crippen LogP contribution in [0, 0.1) is 16.7 Å². The van der Waals surface area contributed by atoms with E-state index in [0.717, 1.165) is 25.7 Å². The highest BCUT2D eigenvalue weighted by molar-refractivity contribution is 6.30. The molecular formula is C16H21ClN2O. The summed E-state index contributed by atoms with van der Waals surface area (Å²) < 4.78 is 0. The average molecular weight is 293 g/mol. The molecule has 1 aliphatic carbocycles. The Kier molecular flexibility index (Phi) is 4.27. The van der Waals surface area contributed by atoms with Gasteiger partial charge in [-0.25, -0.2) is 0 Å². The van der Waals surface area contributed by atoms with Gasteiger partial charge in [0.25, 0.3) is 0 Å². The van der Waals surface area contributed by atoms with Gasteiger partial charge in [-0.05, 0) is 49.3 Å². The number of hydrogen-bond acceptors (Lipinski definition) is 3. The van der Waals surface area contributed by atoms with Crippen LogP contribution in [0.3, 0.4) is 0 Å². The number of aliphatic hydroxyl groups is 1. The number of nitrogens with zero attached hydrogens (tertiary/aromatic N) is 1. The molecule has 1 aromatic rings. The van der Waals surface area contributed by atoms with Crippen LogP contribution in [0.4, 0.5) is 5.69 Å². The summed E-state index contributed by atoms with van der Waals surface area (Å²) in [6.07, 6.45) is 3.61. The number of halogens is 1. The average Bonchev–Trinajstić information content (AvgIpc) is 2.41. The molecule has 1 aliphatic rings. The van der Waals surface area contributed by atoms with Crippen molar-refractivity contribution in [1.82, 2.24) is 0 Å². The second-order valence-electron chi connectivity index (χ2n) is 6.54. The van der Waals surface area contributed by atoms with Gasteiger partial charge >= 0.3 is 0 Å². The fourth-order valence-corrected chi connectivity index (χ4v) is 2.76. The van der Waals surface area contributed by atoms with Gasteiger partial charge in [-0.2, -0.15) is 5.26 Å². The minimum absolute atomic E-state index is 0.320. The molecule has 0 heterocycles. The smallest absolute Gasteiger partial charge is 0.101 e. The molecule has 0 radical (unpaired) electrons. The van der Waals surface area contributed by atoms with Crippen LogP contribution in [0.2, 0.25) is 5.02 Å². The number of rotatable bonds is 3. The predicted octanol–water partition coefficient (Wildman–Crippen LogP) is 3.95. The van der Waals surface area contributed by atoms with Crippen LogP contribution in [0.25, 0.3) is 0 Å². The van der Waals surface area contributed by atoms with Crippen molar-refractivity contribution in [3.8, 4) is 6.07 Å². The molecule has 1 fully saturated rings. The summed E-state index contributed by atoms with van der Waals surface area (Å²) in [5.41, 5.74) is 0.873. The highest BCUT2D eigenvalue weighted by Gasteiger charge is 2.36. The summed E-state index contributed by atoms with van der Waals surface area (Å²) >= 11 is 5.96. The van der Waals surface area contributed by atoms with Gasteiger partial charge in [0.15, 0.2) is 0 Å². The van der Waals surface area contributed by atoms with Gasteiger partial charge in [0, 0.05) is 11.6 Å². The van der Waals surface area contributed by atoms with E-state index in [1.807, 2.05) is 0 Å². The Balaban J connectivity index is 2.02. The minimum Gasteiger partial charge on any atom is -0.388 e. The van der Waals surface area contributed by atoms with Gasteiger partial charge in [-0.3, -0.25) is 0 Å². The zero-order valence-electron chi connectivity index (χ0n) is 12.0. The van der Waals surface area contributed by atoms with E-state index in [1.165, 1.54) is 0 Å². The molecule has 108 valence electrons. The topological polar surface area (TPSA) is 56.0 Å². The Morgan fingerprint density at radius 3 is 2.55 bits per heavy atom. The Bertz CT molecular complexity index is 524. The minimum atomic E-state index is -0.690. The molecule has 1 saturated carbocycles. The highest BCUT2D eigenvalue weighted by Crippen LogP contribution is 2.40. The number of nitriles is 1. The van der Waals surface area contributed by atoms with Crippen molar-refractivity contribution in [2.24, 2.45) is 5.41 Å². The van der Waals surface area contributed by atoms with E-state index in [4.69, 9.17) is 16.9 Å². The first-order valence-electron chi connectivity index (χ1n) is 7.00. The number of benzene rings is 1. The van der Waals surface area contributed by atoms with Crippen molar-refractivity contribution in [3.05, 3.63) is 28.8 Å². The van der Waals surface area contributed by atoms with E-state index >= 15 is 0 Å². The summed E-state index contributed by atoms with van der Waals surface area (Å²) in [6.45, 7) is 4.94. The molecule has 0 saturated heterocycles. The van der Waals surface area contributed by atoms with Crippen molar-refractivity contribution in [2.75, 3.05) is 11.9 Å². The third kappa shape index (κ3) is 3.65. The molecular weight excluding hydrogens is 272 g/mol. The molecule has 0 aromatic heterocycles. The molecule has 20 heavy (non-hydrogen) atoms. The Morgan fingerprint density at radius 2 is 1.95 bits per heavy atom. The summed E-state index contributed by atoms with van der Waals surface area (Å²) in [5, 5.41) is 23.5. The third-order valence-corrected chi connectivity index (χ3v) is 4.48. The van der Waals surface area contributed by atoms with Crippen LogP contribution in [0.5, 0.6) is 0 Å². The standard InChI is InChI=1S/C16H21ClN2O/c1-15(2)5-7-16(20,8-6-15)11-19-14-9-13(17)4-3-12(14)10-18/h3-4,9,19-20H,5-8,11H2,1-2H3. The summed E-state index contributed by atoms with van der Waals surface area (Å²) in [5.74, 6) is 0. The molecule has 0 unspecified atom stereocenters. The summed E-state index contributed by atoms with van der Waals surface area (Å²) in [6, 6.07) is 7.26. The lowest BCUT2D eigenvalue weighted by Gasteiger charge is -2.40. The second kappa shape index (κ2) is 5.63. The van der Waals surface area contributed by atoms with E-state index in [0.29, 0.717) is 28.2 Å². The van der Waals surface area contributed by atoms with Crippen molar-refractivity contribution in [2.45, 2.75) is 45.1 Å². The fraction of sp³-hybridized carbons (Fsp3) is 0.562. The third-order valence-electron chi connectivity index (χ3n) is 4.24. The molecule has 0 amide bonds. The quantitative estimate of drug-likeness (QED) is 0.887. The van der Waals surface area contributed by atoms with E-state index in [2.05, 4.69) is 25.2 Å². The van der Waals surface area contributed by atoms with E-state index < -0.39 is 5.60 Å². The second-order valence-corrected chi connectivity index (χ2v) is 6.98. The van der Waals surface area contributed by atoms with Crippen LogP contribution in [0.1, 0.15) is 45.1 Å². The fourth-order valence-electron chi connectivity index (χ4n) is 2.59. The number of nitrogens with one attached hydrogen (secondary N) is 1. The number of hydrogen-bond donors (Lipinski definition) is 2. The predicted molar refractivity (Wildman–Crippen MR) is 81.9 cm³/mol. The molecule has 3 nitrogen and oxygen atoms in total. The first-order chi connectivity index (χ1) is 9.34. The lowest BCUT2D eigenvalue weighted by atomic mass is 9.71. The molecule has 2 N–H and O–H groups in total. The van der Waals surface area contributed by atoms with Crippen molar-refractivity contribution >= 4 is 17.3 Å². The van der Waals surface area contributed by atoms with Crippen molar-refractivity contribution in [3.63, 3.8) is 0 Å². The zero-order chi connectivity index (χ0) is 14.8. The first kappa shape index (κ1) is 15.2. The highest BCUT2D eigenvalue weighted by atomic mass is 35.5. The Labute approximate surface area is 125 Å². The van der Waals surface area contributed by atoms with Crippen LogP contribution in [-0.2, 0) is 0 Å². The Hall–Kier alpha value is -1.24. The van der Waals surface area contributed by atoms with Crippen LogP contribution in [-0.4, -0.2) is 17.3 Å². The van der Waals surface area contributed by atoms with Gasteiger partial charge in [0.05, 0.1) is 16.9 Å². The van der Waals surface area contributed by atoms with Gasteiger partial charge < -0.3 is 10.4 Å². The van der Waals surface area contributed by atoms with Gasteiger partial charge in [-0.15, -0.1) is 0 Å². The molecule has 0 aliphatic heterocycles. The van der Waals surface area contributed by atoms with E-state index in [-0.39, 0.29) is 0 Å². The monoisotopic (exact) mass is 292 g/mol. The normalized spacial score (nSPS) is 20.1. The van der Waals surface area contributed by atoms with Crippen LogP contribution >= 0.6 is 11.6 Å². The van der Waals surface area contributed by atoms with Crippen molar-refractivity contribution < 1.29 is 5.11 Å².